The summed E-state index contributed by atoms with van der Waals surface area (Å²) >= 11 is 8.06. The van der Waals surface area contributed by atoms with Crippen LogP contribution in [0.4, 0.5) is 0 Å². The molecular weight excluding hydrogens is 404 g/mol. The molecule has 1 aliphatic carbocycles. The SMILES string of the molecule is O=C(O)/C(=C/c1cnc(Cc2ccccc2Cl)n1SC1CC1)Cc1ccccc1. The zero-order valence-electron chi connectivity index (χ0n) is 15.8. The summed E-state index contributed by atoms with van der Waals surface area (Å²) in [5.41, 5.74) is 3.13. The molecule has 1 aliphatic rings. The molecular formula is C23H21ClN2O2S. The fourth-order valence-electron chi connectivity index (χ4n) is 3.05. The second kappa shape index (κ2) is 8.89. The molecule has 0 radical (unpaired) electrons. The Balaban J connectivity index is 1.66. The number of benzene rings is 2. The lowest BCUT2D eigenvalue weighted by Gasteiger charge is -2.10. The van der Waals surface area contributed by atoms with E-state index in [9.17, 15) is 9.90 Å². The van der Waals surface area contributed by atoms with Gasteiger partial charge in [-0.3, -0.25) is 3.97 Å². The van der Waals surface area contributed by atoms with Gasteiger partial charge in [0.05, 0.1) is 11.9 Å². The average Bonchev–Trinajstić information content (AvgIpc) is 3.47. The van der Waals surface area contributed by atoms with Crippen molar-refractivity contribution < 1.29 is 9.90 Å². The molecule has 0 saturated heterocycles. The van der Waals surface area contributed by atoms with Gasteiger partial charge >= 0.3 is 5.97 Å². The van der Waals surface area contributed by atoms with Crippen molar-refractivity contribution in [2.75, 3.05) is 0 Å². The first-order valence-corrected chi connectivity index (χ1v) is 10.8. The van der Waals surface area contributed by atoms with Crippen molar-refractivity contribution in [2.24, 2.45) is 0 Å². The fourth-order valence-corrected chi connectivity index (χ4v) is 4.35. The second-order valence-electron chi connectivity index (χ2n) is 7.10. The number of carboxylic acids is 1. The number of rotatable bonds is 8. The van der Waals surface area contributed by atoms with Crippen molar-refractivity contribution in [3.63, 3.8) is 0 Å². The maximum atomic E-state index is 11.9. The van der Waals surface area contributed by atoms with E-state index in [1.54, 1.807) is 24.2 Å². The maximum absolute atomic E-state index is 11.9. The molecule has 0 atom stereocenters. The lowest BCUT2D eigenvalue weighted by atomic mass is 10.0. The van der Waals surface area contributed by atoms with Crippen LogP contribution in [0.1, 0.15) is 35.5 Å². The van der Waals surface area contributed by atoms with Crippen molar-refractivity contribution in [1.82, 2.24) is 8.96 Å². The van der Waals surface area contributed by atoms with E-state index < -0.39 is 5.97 Å². The number of aliphatic carboxylic acids is 1. The van der Waals surface area contributed by atoms with Crippen molar-refractivity contribution >= 4 is 35.6 Å². The summed E-state index contributed by atoms with van der Waals surface area (Å²) < 4.78 is 2.08. The molecule has 1 heterocycles. The molecule has 0 amide bonds. The lowest BCUT2D eigenvalue weighted by Crippen LogP contribution is -2.06. The maximum Gasteiger partial charge on any atom is 0.331 e. The number of hydrogen-bond donors (Lipinski definition) is 1. The minimum absolute atomic E-state index is 0.345. The molecule has 29 heavy (non-hydrogen) atoms. The topological polar surface area (TPSA) is 55.1 Å². The first-order valence-electron chi connectivity index (χ1n) is 9.55. The number of carbonyl (C=O) groups is 1. The molecule has 0 spiro atoms. The van der Waals surface area contributed by atoms with E-state index in [0.29, 0.717) is 28.7 Å². The molecule has 1 saturated carbocycles. The van der Waals surface area contributed by atoms with Gasteiger partial charge in [0, 0.05) is 28.7 Å². The van der Waals surface area contributed by atoms with Crippen LogP contribution in [0.15, 0.2) is 66.4 Å². The third kappa shape index (κ3) is 5.11. The van der Waals surface area contributed by atoms with Crippen LogP contribution < -0.4 is 0 Å². The predicted molar refractivity (Wildman–Crippen MR) is 118 cm³/mol. The highest BCUT2D eigenvalue weighted by atomic mass is 35.5. The largest absolute Gasteiger partial charge is 0.478 e. The molecule has 1 N–H and O–H groups in total. The smallest absolute Gasteiger partial charge is 0.331 e. The zero-order chi connectivity index (χ0) is 20.2. The number of hydrogen-bond acceptors (Lipinski definition) is 3. The minimum atomic E-state index is -0.911. The summed E-state index contributed by atoms with van der Waals surface area (Å²) in [6, 6.07) is 17.4. The van der Waals surface area contributed by atoms with Gasteiger partial charge in [0.15, 0.2) is 0 Å². The minimum Gasteiger partial charge on any atom is -0.478 e. The van der Waals surface area contributed by atoms with Crippen LogP contribution in [-0.2, 0) is 17.6 Å². The van der Waals surface area contributed by atoms with Crippen molar-refractivity contribution in [2.45, 2.75) is 30.9 Å². The van der Waals surface area contributed by atoms with Gasteiger partial charge in [-0.15, -0.1) is 0 Å². The van der Waals surface area contributed by atoms with E-state index in [4.69, 9.17) is 11.6 Å². The third-order valence-electron chi connectivity index (χ3n) is 4.73. The first kappa shape index (κ1) is 19.8. The number of imidazole rings is 1. The van der Waals surface area contributed by atoms with Crippen molar-refractivity contribution in [1.29, 1.82) is 0 Å². The zero-order valence-corrected chi connectivity index (χ0v) is 17.4. The van der Waals surface area contributed by atoms with E-state index in [0.717, 1.165) is 22.6 Å². The standard InChI is InChI=1S/C23H21ClN2O2S/c24-21-9-5-4-8-17(21)14-22-25-15-19(26(22)29-20-10-11-20)13-18(23(27)28)12-16-6-2-1-3-7-16/h1-9,13,15,20H,10-12,14H2,(H,27,28)/b18-13+. The van der Waals surface area contributed by atoms with Gasteiger partial charge in [0.2, 0.25) is 0 Å². The molecule has 0 bridgehead atoms. The van der Waals surface area contributed by atoms with E-state index in [1.165, 1.54) is 12.8 Å². The third-order valence-corrected chi connectivity index (χ3v) is 6.50. The van der Waals surface area contributed by atoms with Crippen LogP contribution in [0.25, 0.3) is 6.08 Å². The summed E-state index contributed by atoms with van der Waals surface area (Å²) in [6.07, 6.45) is 6.83. The molecule has 1 fully saturated rings. The summed E-state index contributed by atoms with van der Waals surface area (Å²) in [4.78, 5) is 16.5. The molecule has 4 rings (SSSR count). The van der Waals surface area contributed by atoms with Gasteiger partial charge in [-0.2, -0.15) is 0 Å². The van der Waals surface area contributed by atoms with Gasteiger partial charge in [-0.25, -0.2) is 9.78 Å². The highest BCUT2D eigenvalue weighted by molar-refractivity contribution is 7.98. The van der Waals surface area contributed by atoms with Gasteiger partial charge < -0.3 is 5.11 Å². The molecule has 3 aromatic rings. The Morgan fingerprint density at radius 2 is 1.90 bits per heavy atom. The first-order chi connectivity index (χ1) is 14.1. The van der Waals surface area contributed by atoms with Crippen LogP contribution in [0.2, 0.25) is 5.02 Å². The Hall–Kier alpha value is -2.50. The molecule has 6 heteroatoms. The Bertz CT molecular complexity index is 1040. The second-order valence-corrected chi connectivity index (χ2v) is 8.75. The quantitative estimate of drug-likeness (QED) is 0.485. The Morgan fingerprint density at radius 3 is 2.59 bits per heavy atom. The van der Waals surface area contributed by atoms with Crippen LogP contribution in [0.5, 0.6) is 0 Å². The van der Waals surface area contributed by atoms with E-state index >= 15 is 0 Å². The van der Waals surface area contributed by atoms with Gasteiger partial charge in [-0.05, 0) is 48.1 Å². The predicted octanol–water partition coefficient (Wildman–Crippen LogP) is 5.50. The number of aromatic nitrogens is 2. The van der Waals surface area contributed by atoms with Crippen LogP contribution in [0, 0.1) is 0 Å². The van der Waals surface area contributed by atoms with Gasteiger partial charge in [0.25, 0.3) is 0 Å². The highest BCUT2D eigenvalue weighted by Gasteiger charge is 2.26. The lowest BCUT2D eigenvalue weighted by molar-refractivity contribution is -0.132. The number of carboxylic acid groups (broad SMARTS) is 1. The summed E-state index contributed by atoms with van der Waals surface area (Å²) in [5.74, 6) is -0.0311. The fraction of sp³-hybridized carbons (Fsp3) is 0.217. The molecule has 148 valence electrons. The molecule has 2 aromatic carbocycles. The van der Waals surface area contributed by atoms with E-state index in [2.05, 4.69) is 8.96 Å². The monoisotopic (exact) mass is 424 g/mol. The van der Waals surface area contributed by atoms with Crippen molar-refractivity contribution in [3.8, 4) is 0 Å². The van der Waals surface area contributed by atoms with Crippen molar-refractivity contribution in [3.05, 3.63) is 94.0 Å². The summed E-state index contributed by atoms with van der Waals surface area (Å²) in [6.45, 7) is 0. The summed E-state index contributed by atoms with van der Waals surface area (Å²) in [5, 5.41) is 11.0. The average molecular weight is 425 g/mol. The van der Waals surface area contributed by atoms with Gasteiger partial charge in [0.1, 0.15) is 5.82 Å². The molecule has 0 unspecified atom stereocenters. The number of nitrogens with zero attached hydrogens (tertiary/aromatic N) is 2. The number of halogens is 1. The van der Waals surface area contributed by atoms with E-state index in [1.807, 2.05) is 54.6 Å². The molecule has 1 aromatic heterocycles. The normalized spacial score (nSPS) is 14.2. The molecule has 4 nitrogen and oxygen atoms in total. The molecule has 0 aliphatic heterocycles. The van der Waals surface area contributed by atoms with E-state index in [-0.39, 0.29) is 0 Å². The summed E-state index contributed by atoms with van der Waals surface area (Å²) in [7, 11) is 0. The highest BCUT2D eigenvalue weighted by Crippen LogP contribution is 2.37. The van der Waals surface area contributed by atoms with Gasteiger partial charge in [-0.1, -0.05) is 60.1 Å². The van der Waals surface area contributed by atoms with Crippen LogP contribution >= 0.6 is 23.5 Å². The Morgan fingerprint density at radius 1 is 1.17 bits per heavy atom. The van der Waals surface area contributed by atoms with Crippen LogP contribution in [0.3, 0.4) is 0 Å². The Kier molecular flexibility index (Phi) is 6.07. The van der Waals surface area contributed by atoms with Crippen LogP contribution in [-0.4, -0.2) is 25.3 Å². The Labute approximate surface area is 179 Å².